The lowest BCUT2D eigenvalue weighted by molar-refractivity contribution is 0.487. The molecule has 1 aliphatic carbocycles. The highest BCUT2D eigenvalue weighted by Crippen LogP contribution is 2.54. The molecule has 42 heavy (non-hydrogen) atoms. The van der Waals surface area contributed by atoms with Crippen LogP contribution in [0.2, 0.25) is 0 Å². The minimum atomic E-state index is -0.0745. The molecular formula is C41H28O. The van der Waals surface area contributed by atoms with Crippen LogP contribution in [0, 0.1) is 0 Å². The van der Waals surface area contributed by atoms with Gasteiger partial charge >= 0.3 is 0 Å². The Kier molecular flexibility index (Phi) is 4.73. The summed E-state index contributed by atoms with van der Waals surface area (Å²) in [5.74, 6) is 1.84. The molecule has 2 aliphatic rings. The second-order valence-electron chi connectivity index (χ2n) is 12.1. The predicted octanol–water partition coefficient (Wildman–Crippen LogP) is 11.4. The minimum Gasteiger partial charge on any atom is -0.456 e. The largest absolute Gasteiger partial charge is 0.456 e. The molecule has 0 atom stereocenters. The molecule has 0 aromatic heterocycles. The molecule has 9 rings (SSSR count). The summed E-state index contributed by atoms with van der Waals surface area (Å²) < 4.78 is 6.38. The first-order valence-corrected chi connectivity index (χ1v) is 14.7. The van der Waals surface area contributed by atoms with Gasteiger partial charge in [0, 0.05) is 16.4 Å². The fourth-order valence-corrected chi connectivity index (χ4v) is 7.40. The summed E-state index contributed by atoms with van der Waals surface area (Å²) in [5, 5.41) is 4.95. The van der Waals surface area contributed by atoms with Crippen molar-refractivity contribution in [2.45, 2.75) is 19.3 Å². The van der Waals surface area contributed by atoms with Gasteiger partial charge in [-0.2, -0.15) is 0 Å². The minimum absolute atomic E-state index is 0.0745. The third kappa shape index (κ3) is 3.19. The van der Waals surface area contributed by atoms with Gasteiger partial charge in [0.1, 0.15) is 11.5 Å². The smallest absolute Gasteiger partial charge is 0.135 e. The zero-order valence-corrected chi connectivity index (χ0v) is 23.6. The summed E-state index contributed by atoms with van der Waals surface area (Å²) >= 11 is 0. The molecule has 1 nitrogen and oxygen atoms in total. The van der Waals surface area contributed by atoms with Crippen molar-refractivity contribution in [3.8, 4) is 56.0 Å². The highest BCUT2D eigenvalue weighted by atomic mass is 16.5. The van der Waals surface area contributed by atoms with E-state index in [9.17, 15) is 0 Å². The summed E-state index contributed by atoms with van der Waals surface area (Å²) in [6, 6.07) is 48.7. The Bertz CT molecular complexity index is 2230. The van der Waals surface area contributed by atoms with E-state index >= 15 is 0 Å². The van der Waals surface area contributed by atoms with Crippen LogP contribution in [0.4, 0.5) is 0 Å². The summed E-state index contributed by atoms with van der Waals surface area (Å²) in [6.07, 6.45) is 0. The van der Waals surface area contributed by atoms with E-state index in [0.717, 1.165) is 17.1 Å². The van der Waals surface area contributed by atoms with Crippen LogP contribution in [0.25, 0.3) is 66.1 Å². The van der Waals surface area contributed by atoms with Crippen LogP contribution in [0.15, 0.2) is 133 Å². The molecule has 0 radical (unpaired) electrons. The number of hydrogen-bond acceptors (Lipinski definition) is 1. The van der Waals surface area contributed by atoms with Crippen LogP contribution < -0.4 is 4.74 Å². The van der Waals surface area contributed by atoms with E-state index in [2.05, 4.69) is 147 Å². The Labute approximate surface area is 245 Å². The van der Waals surface area contributed by atoms with Crippen molar-refractivity contribution in [3.05, 3.63) is 145 Å². The molecule has 0 saturated carbocycles. The maximum atomic E-state index is 6.38. The zero-order valence-electron chi connectivity index (χ0n) is 23.6. The summed E-state index contributed by atoms with van der Waals surface area (Å²) in [4.78, 5) is 0. The lowest BCUT2D eigenvalue weighted by atomic mass is 9.80. The van der Waals surface area contributed by atoms with Gasteiger partial charge in [-0.3, -0.25) is 0 Å². The van der Waals surface area contributed by atoms with Gasteiger partial charge in [0.05, 0.1) is 0 Å². The molecule has 1 heteroatoms. The Hall–Kier alpha value is -5.14. The number of rotatable bonds is 2. The molecule has 1 heterocycles. The van der Waals surface area contributed by atoms with Gasteiger partial charge in [-0.25, -0.2) is 0 Å². The summed E-state index contributed by atoms with van der Waals surface area (Å²) in [5.41, 5.74) is 12.8. The Morgan fingerprint density at radius 1 is 0.452 bits per heavy atom. The molecule has 0 unspecified atom stereocenters. The first kappa shape index (κ1) is 23.6. The monoisotopic (exact) mass is 536 g/mol. The molecule has 198 valence electrons. The van der Waals surface area contributed by atoms with Crippen molar-refractivity contribution in [3.63, 3.8) is 0 Å². The predicted molar refractivity (Wildman–Crippen MR) is 175 cm³/mol. The number of hydrogen-bond donors (Lipinski definition) is 0. The van der Waals surface area contributed by atoms with Crippen molar-refractivity contribution in [2.75, 3.05) is 0 Å². The molecule has 0 spiro atoms. The van der Waals surface area contributed by atoms with Crippen LogP contribution >= 0.6 is 0 Å². The maximum absolute atomic E-state index is 6.38. The third-order valence-electron chi connectivity index (χ3n) is 9.44. The Morgan fingerprint density at radius 3 is 2.07 bits per heavy atom. The van der Waals surface area contributed by atoms with Crippen LogP contribution in [-0.4, -0.2) is 0 Å². The van der Waals surface area contributed by atoms with Crippen molar-refractivity contribution >= 4 is 21.5 Å². The van der Waals surface area contributed by atoms with Gasteiger partial charge in [0.2, 0.25) is 0 Å². The molecule has 0 bridgehead atoms. The van der Waals surface area contributed by atoms with E-state index in [4.69, 9.17) is 4.74 Å². The lowest BCUT2D eigenvalue weighted by Gasteiger charge is -2.23. The van der Waals surface area contributed by atoms with Gasteiger partial charge < -0.3 is 4.74 Å². The van der Waals surface area contributed by atoms with Gasteiger partial charge in [0.25, 0.3) is 0 Å². The van der Waals surface area contributed by atoms with Crippen LogP contribution in [0.5, 0.6) is 11.5 Å². The Morgan fingerprint density at radius 2 is 1.19 bits per heavy atom. The molecular weight excluding hydrogens is 508 g/mol. The molecule has 0 saturated heterocycles. The molecule has 0 N–H and O–H groups in total. The van der Waals surface area contributed by atoms with E-state index in [1.807, 2.05) is 0 Å². The fourth-order valence-electron chi connectivity index (χ4n) is 7.40. The van der Waals surface area contributed by atoms with Crippen molar-refractivity contribution in [1.29, 1.82) is 0 Å². The Balaban J connectivity index is 1.27. The topological polar surface area (TPSA) is 9.23 Å². The first-order valence-electron chi connectivity index (χ1n) is 14.7. The SMILES string of the molecule is CC1(C)c2ccccc2-c2c1cc1cc(-c3ccc4c(c3)-c3cccc5cccc(c35)O4)ccc1c2-c1ccccc1. The summed E-state index contributed by atoms with van der Waals surface area (Å²) in [7, 11) is 0. The van der Waals surface area contributed by atoms with Gasteiger partial charge in [0.15, 0.2) is 0 Å². The normalized spacial score (nSPS) is 13.9. The second kappa shape index (κ2) is 8.44. The van der Waals surface area contributed by atoms with E-state index < -0.39 is 0 Å². The van der Waals surface area contributed by atoms with E-state index in [0.29, 0.717) is 0 Å². The quantitative estimate of drug-likeness (QED) is 0.213. The summed E-state index contributed by atoms with van der Waals surface area (Å²) in [6.45, 7) is 4.73. The molecule has 7 aromatic rings. The average Bonchev–Trinajstić information content (AvgIpc) is 3.26. The average molecular weight is 537 g/mol. The van der Waals surface area contributed by atoms with E-state index in [-0.39, 0.29) is 5.41 Å². The third-order valence-corrected chi connectivity index (χ3v) is 9.44. The van der Waals surface area contributed by atoms with Crippen molar-refractivity contribution < 1.29 is 4.74 Å². The van der Waals surface area contributed by atoms with Crippen molar-refractivity contribution in [2.24, 2.45) is 0 Å². The molecule has 7 aromatic carbocycles. The highest BCUT2D eigenvalue weighted by molar-refractivity contribution is 6.09. The number of benzene rings is 7. The zero-order chi connectivity index (χ0) is 28.0. The van der Waals surface area contributed by atoms with Gasteiger partial charge in [-0.05, 0) is 96.6 Å². The fraction of sp³-hybridized carbons (Fsp3) is 0.0732. The lowest BCUT2D eigenvalue weighted by Crippen LogP contribution is -2.14. The van der Waals surface area contributed by atoms with Crippen molar-refractivity contribution in [1.82, 2.24) is 0 Å². The van der Waals surface area contributed by atoms with E-state index in [1.165, 1.54) is 71.6 Å². The molecule has 1 aliphatic heterocycles. The van der Waals surface area contributed by atoms with Gasteiger partial charge in [-0.15, -0.1) is 0 Å². The number of ether oxygens (including phenoxy) is 1. The highest BCUT2D eigenvalue weighted by Gasteiger charge is 2.37. The van der Waals surface area contributed by atoms with Crippen LogP contribution in [-0.2, 0) is 5.41 Å². The number of fused-ring (bicyclic) bond motifs is 6. The van der Waals surface area contributed by atoms with Crippen LogP contribution in [0.3, 0.4) is 0 Å². The van der Waals surface area contributed by atoms with Crippen LogP contribution in [0.1, 0.15) is 25.0 Å². The van der Waals surface area contributed by atoms with E-state index in [1.54, 1.807) is 0 Å². The molecule has 0 amide bonds. The first-order chi connectivity index (χ1) is 20.6. The standard InChI is InChI=1S/C41H28O/c1-41(2)34-16-7-6-14-32(34)40-35(41)24-29-22-27(18-20-30(29)39(40)26-10-4-3-5-11-26)28-19-21-36-33(23-28)31-15-8-12-25-13-9-17-37(42-36)38(25)31/h3-24H,1-2H3. The van der Waals surface area contributed by atoms with Gasteiger partial charge in [-0.1, -0.05) is 117 Å². The maximum Gasteiger partial charge on any atom is 0.135 e. The second-order valence-corrected chi connectivity index (χ2v) is 12.1. The molecule has 0 fully saturated rings.